The summed E-state index contributed by atoms with van der Waals surface area (Å²) < 4.78 is 13.7. The van der Waals surface area contributed by atoms with E-state index in [4.69, 9.17) is 11.6 Å². The van der Waals surface area contributed by atoms with E-state index in [2.05, 4.69) is 10.3 Å². The van der Waals surface area contributed by atoms with Crippen molar-refractivity contribution >= 4 is 23.2 Å². The molecule has 0 atom stereocenters. The van der Waals surface area contributed by atoms with Gasteiger partial charge in [0, 0.05) is 11.9 Å². The van der Waals surface area contributed by atoms with Gasteiger partial charge in [-0.15, -0.1) is 0 Å². The van der Waals surface area contributed by atoms with E-state index in [0.717, 1.165) is 0 Å². The van der Waals surface area contributed by atoms with Crippen LogP contribution in [-0.2, 0) is 0 Å². The zero-order valence-electron chi connectivity index (χ0n) is 9.58. The van der Waals surface area contributed by atoms with E-state index >= 15 is 0 Å². The fourth-order valence-electron chi connectivity index (χ4n) is 1.50. The molecule has 0 unspecified atom stereocenters. The van der Waals surface area contributed by atoms with Crippen molar-refractivity contribution in [1.29, 1.82) is 0 Å². The number of carbonyl (C=O) groups excluding carboxylic acids is 1. The summed E-state index contributed by atoms with van der Waals surface area (Å²) in [6, 6.07) is 7.74. The number of nitrogens with zero attached hydrogens (tertiary/aromatic N) is 1. The maximum Gasteiger partial charge on any atom is 0.258 e. The van der Waals surface area contributed by atoms with E-state index in [-0.39, 0.29) is 10.7 Å². The maximum absolute atomic E-state index is 13.7. The van der Waals surface area contributed by atoms with Crippen molar-refractivity contribution in [3.8, 4) is 0 Å². The Bertz CT molecular complexity index is 601. The fraction of sp³-hybridized carbons (Fsp3) is 0.0769. The van der Waals surface area contributed by atoms with Crippen LogP contribution in [0.3, 0.4) is 0 Å². The third-order valence-corrected chi connectivity index (χ3v) is 2.63. The molecular weight excluding hydrogens is 255 g/mol. The highest BCUT2D eigenvalue weighted by molar-refractivity contribution is 6.29. The molecule has 3 nitrogen and oxygen atoms in total. The topological polar surface area (TPSA) is 42.0 Å². The molecule has 18 heavy (non-hydrogen) atoms. The van der Waals surface area contributed by atoms with Crippen LogP contribution in [0.5, 0.6) is 0 Å². The second kappa shape index (κ2) is 5.14. The molecule has 0 bridgehead atoms. The van der Waals surface area contributed by atoms with Gasteiger partial charge in [0.05, 0.1) is 5.56 Å². The number of nitrogens with one attached hydrogen (secondary N) is 1. The van der Waals surface area contributed by atoms with E-state index in [0.29, 0.717) is 11.3 Å². The van der Waals surface area contributed by atoms with Crippen LogP contribution in [0.4, 0.5) is 10.1 Å². The van der Waals surface area contributed by atoms with Crippen LogP contribution < -0.4 is 5.32 Å². The maximum atomic E-state index is 13.7. The van der Waals surface area contributed by atoms with Crippen LogP contribution >= 0.6 is 11.6 Å². The van der Waals surface area contributed by atoms with Gasteiger partial charge in [-0.3, -0.25) is 4.79 Å². The number of anilines is 1. The van der Waals surface area contributed by atoms with Gasteiger partial charge in [-0.1, -0.05) is 23.7 Å². The summed E-state index contributed by atoms with van der Waals surface area (Å²) in [4.78, 5) is 15.7. The minimum atomic E-state index is -0.518. The Morgan fingerprint density at radius 2 is 2.17 bits per heavy atom. The monoisotopic (exact) mass is 264 g/mol. The molecule has 92 valence electrons. The van der Waals surface area contributed by atoms with Gasteiger partial charge in [0.1, 0.15) is 11.0 Å². The average molecular weight is 265 g/mol. The van der Waals surface area contributed by atoms with E-state index in [1.165, 1.54) is 18.3 Å². The van der Waals surface area contributed by atoms with E-state index in [1.807, 2.05) is 0 Å². The minimum absolute atomic E-state index is 0.00272. The molecule has 1 aromatic carbocycles. The Labute approximate surface area is 109 Å². The molecule has 5 heteroatoms. The van der Waals surface area contributed by atoms with Crippen LogP contribution in [0, 0.1) is 12.7 Å². The molecule has 1 amide bonds. The van der Waals surface area contributed by atoms with E-state index in [9.17, 15) is 9.18 Å². The second-order valence-electron chi connectivity index (χ2n) is 3.76. The summed E-state index contributed by atoms with van der Waals surface area (Å²) in [5, 5.41) is 2.83. The number of carbonyl (C=O) groups is 1. The first-order valence-electron chi connectivity index (χ1n) is 5.26. The predicted molar refractivity (Wildman–Crippen MR) is 68.3 cm³/mol. The lowest BCUT2D eigenvalue weighted by Gasteiger charge is -2.07. The van der Waals surface area contributed by atoms with Crippen LogP contribution in [0.25, 0.3) is 0 Å². The van der Waals surface area contributed by atoms with Gasteiger partial charge in [0.25, 0.3) is 5.91 Å². The predicted octanol–water partition coefficient (Wildman–Crippen LogP) is 3.43. The first kappa shape index (κ1) is 12.5. The van der Waals surface area contributed by atoms with Gasteiger partial charge < -0.3 is 5.32 Å². The highest BCUT2D eigenvalue weighted by Gasteiger charge is 2.13. The molecule has 0 spiro atoms. The molecule has 0 radical (unpaired) electrons. The van der Waals surface area contributed by atoms with Gasteiger partial charge in [0.2, 0.25) is 0 Å². The second-order valence-corrected chi connectivity index (χ2v) is 4.15. The molecule has 0 fully saturated rings. The van der Waals surface area contributed by atoms with Crippen molar-refractivity contribution in [2.45, 2.75) is 6.92 Å². The summed E-state index contributed by atoms with van der Waals surface area (Å²) in [6.07, 6.45) is 1.46. The standard InChI is InChI=1S/C13H10ClFN2O/c1-8-3-2-4-10(12(8)15)13(18)17-9-5-6-16-11(14)7-9/h2-7H,1H3,(H,16,17,18). The van der Waals surface area contributed by atoms with Crippen molar-refractivity contribution in [2.75, 3.05) is 5.32 Å². The molecule has 0 saturated heterocycles. The van der Waals surface area contributed by atoms with Gasteiger partial charge in [-0.05, 0) is 30.7 Å². The third kappa shape index (κ3) is 2.65. The number of hydrogen-bond acceptors (Lipinski definition) is 2. The molecule has 0 aliphatic heterocycles. The van der Waals surface area contributed by atoms with Gasteiger partial charge in [0.15, 0.2) is 0 Å². The Hall–Kier alpha value is -1.94. The molecule has 0 aliphatic rings. The first-order chi connectivity index (χ1) is 8.58. The summed E-state index contributed by atoms with van der Waals surface area (Å²) in [5.41, 5.74) is 0.902. The zero-order chi connectivity index (χ0) is 13.1. The summed E-state index contributed by atoms with van der Waals surface area (Å²) in [5.74, 6) is -1.03. The lowest BCUT2D eigenvalue weighted by molar-refractivity contribution is 0.102. The van der Waals surface area contributed by atoms with Crippen LogP contribution in [0.15, 0.2) is 36.5 Å². The zero-order valence-corrected chi connectivity index (χ0v) is 10.3. The van der Waals surface area contributed by atoms with Crippen molar-refractivity contribution in [3.05, 3.63) is 58.6 Å². The normalized spacial score (nSPS) is 10.2. The van der Waals surface area contributed by atoms with Crippen molar-refractivity contribution < 1.29 is 9.18 Å². The molecule has 0 saturated carbocycles. The van der Waals surface area contributed by atoms with Crippen molar-refractivity contribution in [2.24, 2.45) is 0 Å². The highest BCUT2D eigenvalue weighted by Crippen LogP contribution is 2.16. The number of halogens is 2. The highest BCUT2D eigenvalue weighted by atomic mass is 35.5. The Balaban J connectivity index is 2.25. The van der Waals surface area contributed by atoms with E-state index < -0.39 is 11.7 Å². The quantitative estimate of drug-likeness (QED) is 0.845. The number of hydrogen-bond donors (Lipinski definition) is 1. The number of benzene rings is 1. The number of aromatic nitrogens is 1. The van der Waals surface area contributed by atoms with E-state index in [1.54, 1.807) is 25.1 Å². The average Bonchev–Trinajstić information content (AvgIpc) is 2.32. The number of rotatable bonds is 2. The van der Waals surface area contributed by atoms with Crippen LogP contribution in [-0.4, -0.2) is 10.9 Å². The van der Waals surface area contributed by atoms with Gasteiger partial charge >= 0.3 is 0 Å². The first-order valence-corrected chi connectivity index (χ1v) is 5.64. The smallest absolute Gasteiger partial charge is 0.258 e. The molecule has 1 aromatic heterocycles. The summed E-state index contributed by atoms with van der Waals surface area (Å²) >= 11 is 5.69. The van der Waals surface area contributed by atoms with Crippen molar-refractivity contribution in [3.63, 3.8) is 0 Å². The Kier molecular flexibility index (Phi) is 3.58. The SMILES string of the molecule is Cc1cccc(C(=O)Nc2ccnc(Cl)c2)c1F. The number of aryl methyl sites for hydroxylation is 1. The fourth-order valence-corrected chi connectivity index (χ4v) is 1.68. The molecular formula is C13H10ClFN2O. The number of pyridine rings is 1. The lowest BCUT2D eigenvalue weighted by Crippen LogP contribution is -2.14. The molecule has 0 aliphatic carbocycles. The van der Waals surface area contributed by atoms with Gasteiger partial charge in [-0.25, -0.2) is 9.37 Å². The van der Waals surface area contributed by atoms with Crippen molar-refractivity contribution in [1.82, 2.24) is 4.98 Å². The Morgan fingerprint density at radius 3 is 2.89 bits per heavy atom. The lowest BCUT2D eigenvalue weighted by atomic mass is 10.1. The summed E-state index contributed by atoms with van der Waals surface area (Å²) in [7, 11) is 0. The summed E-state index contributed by atoms with van der Waals surface area (Å²) in [6.45, 7) is 1.61. The van der Waals surface area contributed by atoms with Gasteiger partial charge in [-0.2, -0.15) is 0 Å². The largest absolute Gasteiger partial charge is 0.322 e. The van der Waals surface area contributed by atoms with Crippen LogP contribution in [0.2, 0.25) is 5.15 Å². The Morgan fingerprint density at radius 1 is 1.39 bits per heavy atom. The molecule has 1 N–H and O–H groups in total. The van der Waals surface area contributed by atoms with Crippen LogP contribution in [0.1, 0.15) is 15.9 Å². The third-order valence-electron chi connectivity index (χ3n) is 2.42. The minimum Gasteiger partial charge on any atom is -0.322 e. The molecule has 2 aromatic rings. The molecule has 2 rings (SSSR count). The molecule has 1 heterocycles. The number of amides is 1.